The van der Waals surface area contributed by atoms with Gasteiger partial charge in [0.15, 0.2) is 0 Å². The molecule has 0 heterocycles. The molecule has 0 spiro atoms. The Balaban J connectivity index is 2.69. The number of nitrogens with two attached hydrogens (primary N) is 1. The molecule has 1 atom stereocenters. The van der Waals surface area contributed by atoms with Gasteiger partial charge >= 0.3 is 0 Å². The van der Waals surface area contributed by atoms with E-state index in [0.29, 0.717) is 5.92 Å². The van der Waals surface area contributed by atoms with Crippen molar-refractivity contribution in [3.63, 3.8) is 0 Å². The van der Waals surface area contributed by atoms with Crippen LogP contribution in [0.25, 0.3) is 0 Å². The van der Waals surface area contributed by atoms with Gasteiger partial charge in [-0.1, -0.05) is 51.8 Å². The van der Waals surface area contributed by atoms with Gasteiger partial charge in [0.25, 0.3) is 0 Å². The summed E-state index contributed by atoms with van der Waals surface area (Å²) < 4.78 is 0. The summed E-state index contributed by atoms with van der Waals surface area (Å²) in [6, 6.07) is 7.48. The van der Waals surface area contributed by atoms with Gasteiger partial charge in [-0.2, -0.15) is 0 Å². The fraction of sp³-hybridized carbons (Fsp3) is 0.533. The zero-order chi connectivity index (χ0) is 13.5. The first kappa shape index (κ1) is 14.7. The first-order chi connectivity index (χ1) is 8.56. The number of unbranched alkanes of at least 4 members (excludes halogenated alkanes) is 1. The van der Waals surface area contributed by atoms with Crippen molar-refractivity contribution < 1.29 is 4.79 Å². The van der Waals surface area contributed by atoms with Crippen LogP contribution in [0.2, 0.25) is 0 Å². The van der Waals surface area contributed by atoms with E-state index in [9.17, 15) is 4.79 Å². The van der Waals surface area contributed by atoms with Gasteiger partial charge in [-0.3, -0.25) is 4.79 Å². The van der Waals surface area contributed by atoms with Gasteiger partial charge in [0.2, 0.25) is 5.91 Å². The Kier molecular flexibility index (Phi) is 5.86. The number of amides is 1. The van der Waals surface area contributed by atoms with Crippen molar-refractivity contribution in [2.75, 3.05) is 5.32 Å². The van der Waals surface area contributed by atoms with Gasteiger partial charge in [0.1, 0.15) is 0 Å². The molecule has 0 aliphatic rings. The van der Waals surface area contributed by atoms with Crippen LogP contribution in [0.5, 0.6) is 0 Å². The molecular weight excluding hydrogens is 224 g/mol. The summed E-state index contributed by atoms with van der Waals surface area (Å²) >= 11 is 0. The molecule has 1 amide bonds. The quantitative estimate of drug-likeness (QED) is 0.811. The molecular formula is C15H24N2O. The minimum atomic E-state index is -0.412. The molecule has 0 saturated heterocycles. The van der Waals surface area contributed by atoms with Crippen molar-refractivity contribution in [3.05, 3.63) is 29.8 Å². The number of nitrogens with one attached hydrogen (secondary N) is 1. The highest BCUT2D eigenvalue weighted by atomic mass is 16.2. The Morgan fingerprint density at radius 2 is 2.00 bits per heavy atom. The van der Waals surface area contributed by atoms with E-state index in [1.807, 2.05) is 24.3 Å². The fourth-order valence-electron chi connectivity index (χ4n) is 1.89. The molecule has 0 saturated carbocycles. The second-order valence-corrected chi connectivity index (χ2v) is 4.98. The average molecular weight is 248 g/mol. The van der Waals surface area contributed by atoms with Crippen LogP contribution in [-0.2, 0) is 4.79 Å². The molecule has 3 nitrogen and oxygen atoms in total. The van der Waals surface area contributed by atoms with E-state index in [2.05, 4.69) is 26.1 Å². The highest BCUT2D eigenvalue weighted by molar-refractivity contribution is 5.95. The summed E-state index contributed by atoms with van der Waals surface area (Å²) in [6.45, 7) is 6.32. The maximum Gasteiger partial charge on any atom is 0.241 e. The lowest BCUT2D eigenvalue weighted by atomic mass is 10.0. The standard InChI is InChI=1S/C15H24N2O/c1-4-5-9-13(16)15(18)17-14-10-7-6-8-12(14)11(2)3/h6-8,10-11,13H,4-5,9,16H2,1-3H3,(H,17,18)/t13-/m0/s1. The molecule has 0 aliphatic carbocycles. The van der Waals surface area contributed by atoms with Gasteiger partial charge in [-0.15, -0.1) is 0 Å². The number of carbonyl (C=O) groups is 1. The summed E-state index contributed by atoms with van der Waals surface area (Å²) in [7, 11) is 0. The maximum absolute atomic E-state index is 12.0. The van der Waals surface area contributed by atoms with Gasteiger partial charge < -0.3 is 11.1 Å². The number of hydrogen-bond acceptors (Lipinski definition) is 2. The number of rotatable bonds is 6. The summed E-state index contributed by atoms with van der Waals surface area (Å²) in [5.74, 6) is 0.296. The molecule has 0 aromatic heterocycles. The van der Waals surface area contributed by atoms with Crippen LogP contribution in [0.3, 0.4) is 0 Å². The highest BCUT2D eigenvalue weighted by Gasteiger charge is 2.15. The van der Waals surface area contributed by atoms with Gasteiger partial charge in [-0.05, 0) is 24.0 Å². The van der Waals surface area contributed by atoms with E-state index in [-0.39, 0.29) is 5.91 Å². The van der Waals surface area contributed by atoms with E-state index < -0.39 is 6.04 Å². The van der Waals surface area contributed by atoms with E-state index >= 15 is 0 Å². The normalized spacial score (nSPS) is 12.5. The van der Waals surface area contributed by atoms with Crippen molar-refractivity contribution in [1.82, 2.24) is 0 Å². The van der Waals surface area contributed by atoms with E-state index in [4.69, 9.17) is 5.73 Å². The molecule has 1 rings (SSSR count). The highest BCUT2D eigenvalue weighted by Crippen LogP contribution is 2.23. The minimum Gasteiger partial charge on any atom is -0.324 e. The molecule has 3 N–H and O–H groups in total. The van der Waals surface area contributed by atoms with Crippen LogP contribution in [0, 0.1) is 0 Å². The fourth-order valence-corrected chi connectivity index (χ4v) is 1.89. The maximum atomic E-state index is 12.0. The number of para-hydroxylation sites is 1. The predicted octanol–water partition coefficient (Wildman–Crippen LogP) is 3.27. The van der Waals surface area contributed by atoms with Gasteiger partial charge in [-0.25, -0.2) is 0 Å². The van der Waals surface area contributed by atoms with Crippen LogP contribution < -0.4 is 11.1 Å². The lowest BCUT2D eigenvalue weighted by Gasteiger charge is -2.16. The zero-order valence-electron chi connectivity index (χ0n) is 11.6. The summed E-state index contributed by atoms with van der Waals surface area (Å²) in [5, 5.41) is 2.94. The molecule has 0 bridgehead atoms. The average Bonchev–Trinajstić information content (AvgIpc) is 2.36. The Bertz CT molecular complexity index is 388. The minimum absolute atomic E-state index is 0.0865. The van der Waals surface area contributed by atoms with E-state index in [1.54, 1.807) is 0 Å². The molecule has 0 fully saturated rings. The summed E-state index contributed by atoms with van der Waals surface area (Å²) in [5.41, 5.74) is 7.89. The zero-order valence-corrected chi connectivity index (χ0v) is 11.6. The molecule has 0 aliphatic heterocycles. The second-order valence-electron chi connectivity index (χ2n) is 4.98. The van der Waals surface area contributed by atoms with Crippen LogP contribution in [-0.4, -0.2) is 11.9 Å². The van der Waals surface area contributed by atoms with Crippen LogP contribution in [0.4, 0.5) is 5.69 Å². The first-order valence-electron chi connectivity index (χ1n) is 6.71. The Morgan fingerprint density at radius 3 is 2.61 bits per heavy atom. The monoisotopic (exact) mass is 248 g/mol. The van der Waals surface area contributed by atoms with E-state index in [1.165, 1.54) is 0 Å². The Morgan fingerprint density at radius 1 is 1.33 bits per heavy atom. The first-order valence-corrected chi connectivity index (χ1v) is 6.71. The van der Waals surface area contributed by atoms with Crippen LogP contribution in [0.1, 0.15) is 51.5 Å². The predicted molar refractivity (Wildman–Crippen MR) is 76.7 cm³/mol. The third kappa shape index (κ3) is 4.15. The lowest BCUT2D eigenvalue weighted by Crippen LogP contribution is -2.35. The topological polar surface area (TPSA) is 55.1 Å². The third-order valence-electron chi connectivity index (χ3n) is 3.05. The Labute approximate surface area is 110 Å². The van der Waals surface area contributed by atoms with Crippen molar-refractivity contribution in [2.45, 2.75) is 52.0 Å². The van der Waals surface area contributed by atoms with E-state index in [0.717, 1.165) is 30.5 Å². The molecule has 100 valence electrons. The van der Waals surface area contributed by atoms with Crippen LogP contribution in [0.15, 0.2) is 24.3 Å². The van der Waals surface area contributed by atoms with Crippen molar-refractivity contribution >= 4 is 11.6 Å². The van der Waals surface area contributed by atoms with Gasteiger partial charge in [0.05, 0.1) is 6.04 Å². The third-order valence-corrected chi connectivity index (χ3v) is 3.05. The summed E-state index contributed by atoms with van der Waals surface area (Å²) in [6.07, 6.45) is 2.79. The molecule has 3 heteroatoms. The van der Waals surface area contributed by atoms with Crippen molar-refractivity contribution in [1.29, 1.82) is 0 Å². The number of anilines is 1. The lowest BCUT2D eigenvalue weighted by molar-refractivity contribution is -0.117. The molecule has 18 heavy (non-hydrogen) atoms. The SMILES string of the molecule is CCCC[C@H](N)C(=O)Nc1ccccc1C(C)C. The molecule has 0 unspecified atom stereocenters. The van der Waals surface area contributed by atoms with Crippen molar-refractivity contribution in [2.24, 2.45) is 5.73 Å². The largest absolute Gasteiger partial charge is 0.324 e. The van der Waals surface area contributed by atoms with Crippen LogP contribution >= 0.6 is 0 Å². The summed E-state index contributed by atoms with van der Waals surface area (Å²) in [4.78, 5) is 12.0. The smallest absolute Gasteiger partial charge is 0.241 e. The van der Waals surface area contributed by atoms with Crippen molar-refractivity contribution in [3.8, 4) is 0 Å². The second kappa shape index (κ2) is 7.17. The molecule has 1 aromatic rings. The number of benzene rings is 1. The molecule has 0 radical (unpaired) electrons. The number of hydrogen-bond donors (Lipinski definition) is 2. The number of carbonyl (C=O) groups excluding carboxylic acids is 1. The van der Waals surface area contributed by atoms with Gasteiger partial charge in [0, 0.05) is 5.69 Å². The molecule has 1 aromatic carbocycles. The Hall–Kier alpha value is -1.35.